The lowest BCUT2D eigenvalue weighted by molar-refractivity contribution is -0.137. The number of thioether (sulfide) groups is 1. The number of anilines is 1. The van der Waals surface area contributed by atoms with E-state index in [1.54, 1.807) is 0 Å². The number of nitrogens with zero attached hydrogens (tertiary/aromatic N) is 2. The lowest BCUT2D eigenvalue weighted by Gasteiger charge is -2.05. The Kier molecular flexibility index (Phi) is 5.34. The number of nitrogens with one attached hydrogen (secondary N) is 1. The molecule has 0 saturated heterocycles. The van der Waals surface area contributed by atoms with Crippen molar-refractivity contribution in [2.75, 3.05) is 24.7 Å². The molecule has 0 atom stereocenters. The summed E-state index contributed by atoms with van der Waals surface area (Å²) in [6.45, 7) is 2.67. The van der Waals surface area contributed by atoms with E-state index >= 15 is 0 Å². The summed E-state index contributed by atoms with van der Waals surface area (Å²) in [5.41, 5.74) is 0. The first-order valence-corrected chi connectivity index (χ1v) is 5.99. The van der Waals surface area contributed by atoms with Gasteiger partial charge in [-0.1, -0.05) is 23.4 Å². The molecular weight excluding hydrogens is 250 g/mol. The van der Waals surface area contributed by atoms with Gasteiger partial charge in [0.15, 0.2) is 0 Å². The fraction of sp³-hybridized carbons (Fsp3) is 0.444. The van der Waals surface area contributed by atoms with Gasteiger partial charge in [0.25, 0.3) is 0 Å². The van der Waals surface area contributed by atoms with Crippen LogP contribution >= 0.6 is 23.4 Å². The highest BCUT2D eigenvalue weighted by molar-refractivity contribution is 8.00. The van der Waals surface area contributed by atoms with Crippen LogP contribution in [-0.4, -0.2) is 35.3 Å². The van der Waals surface area contributed by atoms with Crippen LogP contribution in [-0.2, 0) is 9.53 Å². The van der Waals surface area contributed by atoms with Gasteiger partial charge in [-0.2, -0.15) is 0 Å². The van der Waals surface area contributed by atoms with Crippen molar-refractivity contribution in [3.8, 4) is 0 Å². The van der Waals surface area contributed by atoms with Crippen molar-refractivity contribution in [3.05, 3.63) is 11.2 Å². The monoisotopic (exact) mass is 261 g/mol. The summed E-state index contributed by atoms with van der Waals surface area (Å²) in [5, 5.41) is 3.96. The van der Waals surface area contributed by atoms with E-state index < -0.39 is 0 Å². The van der Waals surface area contributed by atoms with Crippen LogP contribution in [0.15, 0.2) is 11.2 Å². The van der Waals surface area contributed by atoms with Gasteiger partial charge in [-0.05, 0) is 6.92 Å². The Labute approximate surface area is 103 Å². The Morgan fingerprint density at radius 3 is 3.06 bits per heavy atom. The zero-order chi connectivity index (χ0) is 12.0. The van der Waals surface area contributed by atoms with Crippen LogP contribution in [0.2, 0.25) is 5.02 Å². The second kappa shape index (κ2) is 6.55. The summed E-state index contributed by atoms with van der Waals surface area (Å²) in [7, 11) is 1.34. The molecule has 0 spiro atoms. The molecule has 5 nitrogen and oxygen atoms in total. The van der Waals surface area contributed by atoms with E-state index in [1.807, 2.05) is 6.92 Å². The molecule has 1 aromatic heterocycles. The topological polar surface area (TPSA) is 64.1 Å². The van der Waals surface area contributed by atoms with Gasteiger partial charge in [0, 0.05) is 6.54 Å². The highest BCUT2D eigenvalue weighted by Gasteiger charge is 2.08. The lowest BCUT2D eigenvalue weighted by Crippen LogP contribution is -2.05. The van der Waals surface area contributed by atoms with Crippen molar-refractivity contribution >= 4 is 35.3 Å². The minimum Gasteiger partial charge on any atom is -0.468 e. The van der Waals surface area contributed by atoms with E-state index in [0.717, 1.165) is 6.54 Å². The molecule has 16 heavy (non-hydrogen) atoms. The van der Waals surface area contributed by atoms with Gasteiger partial charge in [-0.3, -0.25) is 4.79 Å². The highest BCUT2D eigenvalue weighted by atomic mass is 35.5. The van der Waals surface area contributed by atoms with Crippen LogP contribution in [0.1, 0.15) is 6.92 Å². The van der Waals surface area contributed by atoms with Crippen LogP contribution in [0.5, 0.6) is 0 Å². The number of rotatable bonds is 5. The number of hydrogen-bond donors (Lipinski definition) is 1. The third kappa shape index (κ3) is 3.86. The first-order valence-electron chi connectivity index (χ1n) is 4.63. The molecule has 0 aromatic carbocycles. The molecule has 0 aliphatic rings. The number of ether oxygens (including phenoxy) is 1. The Morgan fingerprint density at radius 2 is 2.44 bits per heavy atom. The second-order valence-electron chi connectivity index (χ2n) is 2.74. The predicted octanol–water partition coefficient (Wildman–Crippen LogP) is 1.83. The van der Waals surface area contributed by atoms with E-state index in [2.05, 4.69) is 20.0 Å². The van der Waals surface area contributed by atoms with Gasteiger partial charge < -0.3 is 10.1 Å². The number of halogens is 1. The van der Waals surface area contributed by atoms with Crippen LogP contribution in [0.3, 0.4) is 0 Å². The maximum absolute atomic E-state index is 11.0. The Balaban J connectivity index is 2.70. The third-order valence-electron chi connectivity index (χ3n) is 1.60. The smallest absolute Gasteiger partial charge is 0.316 e. The molecule has 7 heteroatoms. The predicted molar refractivity (Wildman–Crippen MR) is 63.9 cm³/mol. The van der Waals surface area contributed by atoms with Gasteiger partial charge >= 0.3 is 5.97 Å². The van der Waals surface area contributed by atoms with Gasteiger partial charge in [-0.15, -0.1) is 0 Å². The maximum atomic E-state index is 11.0. The summed E-state index contributed by atoms with van der Waals surface area (Å²) in [5.74, 6) is 0.364. The number of carbonyl (C=O) groups excluding carboxylic acids is 1. The fourth-order valence-corrected chi connectivity index (χ4v) is 1.85. The first kappa shape index (κ1) is 13.1. The Bertz CT molecular complexity index is 376. The van der Waals surface area contributed by atoms with Gasteiger partial charge in [0.1, 0.15) is 5.03 Å². The molecule has 0 saturated carbocycles. The molecular formula is C9H12ClN3O2S. The third-order valence-corrected chi connectivity index (χ3v) is 2.95. The molecule has 0 aliphatic heterocycles. The van der Waals surface area contributed by atoms with E-state index in [9.17, 15) is 4.79 Å². The summed E-state index contributed by atoms with van der Waals surface area (Å²) in [6, 6.07) is 0. The lowest BCUT2D eigenvalue weighted by atomic mass is 10.6. The number of carbonyl (C=O) groups is 1. The molecule has 0 aliphatic carbocycles. The molecule has 0 fully saturated rings. The van der Waals surface area contributed by atoms with Crippen LogP contribution in [0.4, 0.5) is 5.95 Å². The van der Waals surface area contributed by atoms with E-state index in [0.29, 0.717) is 16.0 Å². The molecule has 88 valence electrons. The number of esters is 1. The molecule has 1 N–H and O–H groups in total. The summed E-state index contributed by atoms with van der Waals surface area (Å²) >= 11 is 7.12. The summed E-state index contributed by atoms with van der Waals surface area (Å²) in [4.78, 5) is 19.1. The van der Waals surface area contributed by atoms with Crippen molar-refractivity contribution in [2.24, 2.45) is 0 Å². The standard InChI is InChI=1S/C9H12ClN3O2S/c1-3-11-9-12-4-6(10)8(13-9)16-5-7(14)15-2/h4H,3,5H2,1-2H3,(H,11,12,13). The van der Waals surface area contributed by atoms with E-state index in [4.69, 9.17) is 11.6 Å². The van der Waals surface area contributed by atoms with Gasteiger partial charge in [0.05, 0.1) is 24.1 Å². The second-order valence-corrected chi connectivity index (χ2v) is 4.11. The Hall–Kier alpha value is -1.01. The zero-order valence-electron chi connectivity index (χ0n) is 8.99. The summed E-state index contributed by atoms with van der Waals surface area (Å²) < 4.78 is 4.53. The first-order chi connectivity index (χ1) is 7.67. The molecule has 0 bridgehead atoms. The zero-order valence-corrected chi connectivity index (χ0v) is 10.6. The van der Waals surface area contributed by atoms with Gasteiger partial charge in [0.2, 0.25) is 5.95 Å². The number of aromatic nitrogens is 2. The van der Waals surface area contributed by atoms with Crippen molar-refractivity contribution in [1.82, 2.24) is 9.97 Å². The minimum atomic E-state index is -0.315. The minimum absolute atomic E-state index is 0.179. The average Bonchev–Trinajstić information content (AvgIpc) is 2.29. The van der Waals surface area contributed by atoms with Gasteiger partial charge in [-0.25, -0.2) is 9.97 Å². The summed E-state index contributed by atoms with van der Waals surface area (Å²) in [6.07, 6.45) is 1.51. The molecule has 1 rings (SSSR count). The molecule has 0 amide bonds. The van der Waals surface area contributed by atoms with Crippen LogP contribution in [0.25, 0.3) is 0 Å². The maximum Gasteiger partial charge on any atom is 0.316 e. The van der Waals surface area contributed by atoms with E-state index in [-0.39, 0.29) is 11.7 Å². The molecule has 0 unspecified atom stereocenters. The molecule has 0 radical (unpaired) electrons. The normalized spacial score (nSPS) is 9.94. The quantitative estimate of drug-likeness (QED) is 0.496. The molecule has 1 heterocycles. The van der Waals surface area contributed by atoms with E-state index in [1.165, 1.54) is 25.1 Å². The van der Waals surface area contributed by atoms with Crippen molar-refractivity contribution in [2.45, 2.75) is 11.9 Å². The Morgan fingerprint density at radius 1 is 1.69 bits per heavy atom. The fourth-order valence-electron chi connectivity index (χ4n) is 0.882. The molecule has 1 aromatic rings. The average molecular weight is 262 g/mol. The number of hydrogen-bond acceptors (Lipinski definition) is 6. The van der Waals surface area contributed by atoms with Crippen LogP contribution in [0, 0.1) is 0 Å². The van der Waals surface area contributed by atoms with Crippen molar-refractivity contribution in [1.29, 1.82) is 0 Å². The highest BCUT2D eigenvalue weighted by Crippen LogP contribution is 2.25. The van der Waals surface area contributed by atoms with Crippen molar-refractivity contribution in [3.63, 3.8) is 0 Å². The number of methoxy groups -OCH3 is 1. The van der Waals surface area contributed by atoms with Crippen LogP contribution < -0.4 is 5.32 Å². The van der Waals surface area contributed by atoms with Crippen molar-refractivity contribution < 1.29 is 9.53 Å². The largest absolute Gasteiger partial charge is 0.468 e. The SMILES string of the molecule is CCNc1ncc(Cl)c(SCC(=O)OC)n1.